The van der Waals surface area contributed by atoms with Gasteiger partial charge in [0.15, 0.2) is 0 Å². The largest absolute Gasteiger partial charge is 0.381 e. The zero-order chi connectivity index (χ0) is 18.2. The average Bonchev–Trinajstić information content (AvgIpc) is 2.49. The van der Waals surface area contributed by atoms with Crippen LogP contribution in [0.15, 0.2) is 0 Å². The molecule has 1 amide bonds. The van der Waals surface area contributed by atoms with Gasteiger partial charge in [0.1, 0.15) is 0 Å². The number of thiol groups is 1. The topological polar surface area (TPSA) is 32.8 Å². The fourth-order valence-corrected chi connectivity index (χ4v) is 3.66. The molecule has 4 nitrogen and oxygen atoms in total. The Labute approximate surface area is 154 Å². The summed E-state index contributed by atoms with van der Waals surface area (Å²) in [6.07, 6.45) is 3.81. The minimum atomic E-state index is 0.174. The Balaban J connectivity index is 2.17. The van der Waals surface area contributed by atoms with Crippen molar-refractivity contribution in [2.75, 3.05) is 45.1 Å². The molecule has 0 aromatic heterocycles. The smallest absolute Gasteiger partial charge is 0.224 e. The number of carbonyl (C=O) groups is 1. The summed E-state index contributed by atoms with van der Waals surface area (Å²) >= 11 is 4.36. The van der Waals surface area contributed by atoms with Crippen molar-refractivity contribution in [3.05, 3.63) is 0 Å². The third kappa shape index (κ3) is 8.21. The van der Waals surface area contributed by atoms with Crippen molar-refractivity contribution in [3.8, 4) is 0 Å². The van der Waals surface area contributed by atoms with E-state index < -0.39 is 0 Å². The summed E-state index contributed by atoms with van der Waals surface area (Å²) in [5, 5.41) is 0. The van der Waals surface area contributed by atoms with Gasteiger partial charge in [-0.15, -0.1) is 0 Å². The summed E-state index contributed by atoms with van der Waals surface area (Å²) in [4.78, 5) is 16.8. The molecule has 0 aromatic rings. The van der Waals surface area contributed by atoms with Crippen molar-refractivity contribution >= 4 is 18.5 Å². The zero-order valence-corrected chi connectivity index (χ0v) is 17.3. The molecule has 0 spiro atoms. The molecule has 1 heterocycles. The van der Waals surface area contributed by atoms with Gasteiger partial charge in [-0.25, -0.2) is 0 Å². The van der Waals surface area contributed by atoms with Crippen LogP contribution < -0.4 is 0 Å². The molecule has 0 atom stereocenters. The SMILES string of the molecule is CC(C)(C)CCCOCCC(=O)N1CCN(C(C)(C)CCS)CC1. The van der Waals surface area contributed by atoms with E-state index in [2.05, 4.69) is 52.1 Å². The summed E-state index contributed by atoms with van der Waals surface area (Å²) in [7, 11) is 0. The fourth-order valence-electron chi connectivity index (χ4n) is 3.12. The van der Waals surface area contributed by atoms with Crippen LogP contribution in [0.25, 0.3) is 0 Å². The molecule has 5 heteroatoms. The van der Waals surface area contributed by atoms with E-state index in [0.29, 0.717) is 18.4 Å². The van der Waals surface area contributed by atoms with Crippen LogP contribution in [0.1, 0.15) is 60.3 Å². The Morgan fingerprint density at radius 1 is 1.00 bits per heavy atom. The van der Waals surface area contributed by atoms with Crippen molar-refractivity contribution in [2.45, 2.75) is 65.8 Å². The van der Waals surface area contributed by atoms with Gasteiger partial charge in [0.2, 0.25) is 5.91 Å². The minimum absolute atomic E-state index is 0.174. The van der Waals surface area contributed by atoms with Gasteiger partial charge in [0.05, 0.1) is 13.0 Å². The molecule has 0 N–H and O–H groups in total. The lowest BCUT2D eigenvalue weighted by molar-refractivity contribution is -0.135. The second kappa shape index (κ2) is 10.0. The molecule has 1 rings (SSSR count). The van der Waals surface area contributed by atoms with Crippen molar-refractivity contribution in [1.29, 1.82) is 0 Å². The maximum Gasteiger partial charge on any atom is 0.224 e. The summed E-state index contributed by atoms with van der Waals surface area (Å²) in [6, 6.07) is 0. The molecule has 0 saturated carbocycles. The van der Waals surface area contributed by atoms with Gasteiger partial charge in [-0.05, 0) is 44.3 Å². The molecule has 0 radical (unpaired) electrons. The molecule has 1 saturated heterocycles. The van der Waals surface area contributed by atoms with Crippen LogP contribution in [0, 0.1) is 5.41 Å². The molecule has 142 valence electrons. The molecule has 1 aliphatic rings. The van der Waals surface area contributed by atoms with Gasteiger partial charge >= 0.3 is 0 Å². The lowest BCUT2D eigenvalue weighted by Crippen LogP contribution is -2.55. The Hall–Kier alpha value is -0.260. The first-order valence-electron chi connectivity index (χ1n) is 9.37. The van der Waals surface area contributed by atoms with Crippen molar-refractivity contribution in [3.63, 3.8) is 0 Å². The number of nitrogens with zero attached hydrogens (tertiary/aromatic N) is 2. The van der Waals surface area contributed by atoms with Crippen LogP contribution in [0.5, 0.6) is 0 Å². The molecule has 0 bridgehead atoms. The van der Waals surface area contributed by atoms with Crippen LogP contribution in [0.2, 0.25) is 0 Å². The fraction of sp³-hybridized carbons (Fsp3) is 0.947. The molecule has 0 unspecified atom stereocenters. The normalized spacial score (nSPS) is 17.3. The van der Waals surface area contributed by atoms with E-state index in [1.165, 1.54) is 0 Å². The molecule has 1 aliphatic heterocycles. The van der Waals surface area contributed by atoms with Gasteiger partial charge in [-0.1, -0.05) is 20.8 Å². The van der Waals surface area contributed by atoms with Crippen LogP contribution >= 0.6 is 12.6 Å². The van der Waals surface area contributed by atoms with E-state index in [4.69, 9.17) is 4.74 Å². The first kappa shape index (κ1) is 21.8. The van der Waals surface area contributed by atoms with Crippen molar-refractivity contribution < 1.29 is 9.53 Å². The predicted molar refractivity (Wildman–Crippen MR) is 105 cm³/mol. The van der Waals surface area contributed by atoms with Crippen molar-refractivity contribution in [2.24, 2.45) is 5.41 Å². The van der Waals surface area contributed by atoms with Crippen LogP contribution in [0.3, 0.4) is 0 Å². The van der Waals surface area contributed by atoms with Crippen molar-refractivity contribution in [1.82, 2.24) is 9.80 Å². The Kier molecular flexibility index (Phi) is 9.10. The van der Waals surface area contributed by atoms with Gasteiger partial charge < -0.3 is 9.64 Å². The Bertz CT molecular complexity index is 372. The highest BCUT2D eigenvalue weighted by Crippen LogP contribution is 2.22. The van der Waals surface area contributed by atoms with E-state index in [1.807, 2.05) is 4.90 Å². The highest BCUT2D eigenvalue weighted by atomic mass is 32.1. The first-order valence-corrected chi connectivity index (χ1v) is 10.0. The van der Waals surface area contributed by atoms with E-state index in [-0.39, 0.29) is 11.4 Å². The maximum atomic E-state index is 12.3. The number of hydrogen-bond acceptors (Lipinski definition) is 4. The predicted octanol–water partition coefficient (Wildman–Crippen LogP) is 3.46. The lowest BCUT2D eigenvalue weighted by atomic mass is 9.91. The number of carbonyl (C=O) groups excluding carboxylic acids is 1. The second-order valence-electron chi connectivity index (χ2n) is 8.68. The maximum absolute atomic E-state index is 12.3. The van der Waals surface area contributed by atoms with E-state index in [0.717, 1.165) is 57.8 Å². The highest BCUT2D eigenvalue weighted by molar-refractivity contribution is 7.80. The first-order chi connectivity index (χ1) is 11.2. The van der Waals surface area contributed by atoms with Gasteiger partial charge in [0, 0.05) is 38.3 Å². The Morgan fingerprint density at radius 2 is 1.62 bits per heavy atom. The standard InChI is InChI=1S/C19H38N2O2S/c1-18(2,3)8-6-14-23-15-7-17(22)20-10-12-21(13-11-20)19(4,5)9-16-24/h24H,6-16H2,1-5H3. The molecule has 0 aromatic carbocycles. The number of amides is 1. The number of hydrogen-bond donors (Lipinski definition) is 1. The average molecular weight is 359 g/mol. The van der Waals surface area contributed by atoms with Crippen LogP contribution in [0.4, 0.5) is 0 Å². The van der Waals surface area contributed by atoms with Gasteiger partial charge in [0.25, 0.3) is 0 Å². The highest BCUT2D eigenvalue weighted by Gasteiger charge is 2.30. The third-order valence-electron chi connectivity index (χ3n) is 4.89. The summed E-state index contributed by atoms with van der Waals surface area (Å²) in [5.41, 5.74) is 0.534. The summed E-state index contributed by atoms with van der Waals surface area (Å²) in [6.45, 7) is 16.2. The third-order valence-corrected chi connectivity index (χ3v) is 5.11. The lowest BCUT2D eigenvalue weighted by Gasteiger charge is -2.44. The molecular formula is C19H38N2O2S. The Morgan fingerprint density at radius 3 is 2.17 bits per heavy atom. The quantitative estimate of drug-likeness (QED) is 0.506. The molecular weight excluding hydrogens is 320 g/mol. The van der Waals surface area contributed by atoms with Gasteiger partial charge in [-0.2, -0.15) is 12.6 Å². The minimum Gasteiger partial charge on any atom is -0.381 e. The summed E-state index contributed by atoms with van der Waals surface area (Å²) in [5.74, 6) is 1.14. The van der Waals surface area contributed by atoms with E-state index >= 15 is 0 Å². The number of piperazine rings is 1. The van der Waals surface area contributed by atoms with Crippen LogP contribution in [-0.4, -0.2) is 66.4 Å². The zero-order valence-electron chi connectivity index (χ0n) is 16.4. The number of rotatable bonds is 9. The van der Waals surface area contributed by atoms with Crippen LogP contribution in [-0.2, 0) is 9.53 Å². The second-order valence-corrected chi connectivity index (χ2v) is 9.13. The molecule has 0 aliphatic carbocycles. The monoisotopic (exact) mass is 358 g/mol. The van der Waals surface area contributed by atoms with E-state index in [9.17, 15) is 4.79 Å². The van der Waals surface area contributed by atoms with E-state index in [1.54, 1.807) is 0 Å². The molecule has 1 fully saturated rings. The summed E-state index contributed by atoms with van der Waals surface area (Å²) < 4.78 is 5.63. The number of ether oxygens (including phenoxy) is 1. The van der Waals surface area contributed by atoms with Gasteiger partial charge in [-0.3, -0.25) is 9.69 Å². The molecule has 24 heavy (non-hydrogen) atoms.